The van der Waals surface area contributed by atoms with Crippen LogP contribution in [0, 0.1) is 5.92 Å². The first kappa shape index (κ1) is 16.2. The number of carbonyl (C=O) groups is 2. The molecule has 0 aliphatic carbocycles. The predicted molar refractivity (Wildman–Crippen MR) is 88.5 cm³/mol. The van der Waals surface area contributed by atoms with Crippen LogP contribution in [0.2, 0.25) is 0 Å². The van der Waals surface area contributed by atoms with Crippen LogP contribution in [0.5, 0.6) is 0 Å². The Labute approximate surface area is 137 Å². The van der Waals surface area contributed by atoms with Gasteiger partial charge >= 0.3 is 0 Å². The van der Waals surface area contributed by atoms with Crippen molar-refractivity contribution in [1.82, 2.24) is 9.78 Å². The van der Waals surface area contributed by atoms with Crippen molar-refractivity contribution in [3.63, 3.8) is 0 Å². The highest BCUT2D eigenvalue weighted by molar-refractivity contribution is 9.10. The Morgan fingerprint density at radius 2 is 1.82 bits per heavy atom. The maximum absolute atomic E-state index is 12.2. The Morgan fingerprint density at radius 3 is 2.32 bits per heavy atom. The number of nitrogens with zero attached hydrogens (tertiary/aromatic N) is 2. The zero-order valence-electron chi connectivity index (χ0n) is 12.3. The number of rotatable bonds is 5. The van der Waals surface area contributed by atoms with Crippen molar-refractivity contribution in [2.75, 3.05) is 10.6 Å². The molecular formula is C15H17BrN4O2. The Balaban J connectivity index is 1.91. The zero-order chi connectivity index (χ0) is 16.1. The van der Waals surface area contributed by atoms with Crippen molar-refractivity contribution in [1.29, 1.82) is 0 Å². The van der Waals surface area contributed by atoms with Crippen LogP contribution >= 0.6 is 15.9 Å². The molecule has 2 aromatic rings. The van der Waals surface area contributed by atoms with Gasteiger partial charge < -0.3 is 10.6 Å². The summed E-state index contributed by atoms with van der Waals surface area (Å²) in [5.41, 5.74) is 1.38. The van der Waals surface area contributed by atoms with Gasteiger partial charge in [-0.1, -0.05) is 6.92 Å². The number of hydrogen-bond donors (Lipinski definition) is 2. The average Bonchev–Trinajstić information content (AvgIpc) is 2.85. The Morgan fingerprint density at radius 1 is 1.23 bits per heavy atom. The van der Waals surface area contributed by atoms with Gasteiger partial charge in [0, 0.05) is 24.5 Å². The third kappa shape index (κ3) is 4.70. The normalized spacial score (nSPS) is 11.8. The van der Waals surface area contributed by atoms with Gasteiger partial charge in [-0.05, 0) is 40.2 Å². The second-order valence-corrected chi connectivity index (χ2v) is 5.95. The van der Waals surface area contributed by atoms with E-state index in [4.69, 9.17) is 0 Å². The molecule has 1 unspecified atom stereocenters. The van der Waals surface area contributed by atoms with E-state index in [9.17, 15) is 9.59 Å². The van der Waals surface area contributed by atoms with E-state index in [1.165, 1.54) is 6.92 Å². The molecule has 0 radical (unpaired) electrons. The Hall–Kier alpha value is -2.15. The number of anilines is 2. The van der Waals surface area contributed by atoms with Crippen LogP contribution in [0.4, 0.5) is 11.4 Å². The molecule has 0 saturated carbocycles. The fraction of sp³-hybridized carbons (Fsp3) is 0.267. The van der Waals surface area contributed by atoms with Crippen LogP contribution in [0.1, 0.15) is 13.8 Å². The first-order valence-corrected chi connectivity index (χ1v) is 7.60. The zero-order valence-corrected chi connectivity index (χ0v) is 13.9. The maximum Gasteiger partial charge on any atom is 0.229 e. The molecule has 2 rings (SSSR count). The van der Waals surface area contributed by atoms with Crippen molar-refractivity contribution in [2.45, 2.75) is 20.4 Å². The van der Waals surface area contributed by atoms with Gasteiger partial charge in [0.1, 0.15) is 0 Å². The lowest BCUT2D eigenvalue weighted by atomic mass is 10.1. The van der Waals surface area contributed by atoms with Gasteiger partial charge in [0.25, 0.3) is 0 Å². The van der Waals surface area contributed by atoms with Gasteiger partial charge in [-0.2, -0.15) is 5.10 Å². The second-order valence-electron chi connectivity index (χ2n) is 5.03. The highest BCUT2D eigenvalue weighted by Crippen LogP contribution is 2.15. The molecule has 1 heterocycles. The average molecular weight is 365 g/mol. The number of carbonyl (C=O) groups excluding carboxylic acids is 2. The highest BCUT2D eigenvalue weighted by Gasteiger charge is 2.14. The molecule has 116 valence electrons. The van der Waals surface area contributed by atoms with E-state index in [1.807, 2.05) is 13.1 Å². The van der Waals surface area contributed by atoms with Gasteiger partial charge in [0.05, 0.1) is 23.1 Å². The van der Waals surface area contributed by atoms with E-state index < -0.39 is 0 Å². The third-order valence-corrected chi connectivity index (χ3v) is 3.39. The van der Waals surface area contributed by atoms with E-state index in [0.29, 0.717) is 17.9 Å². The molecule has 1 aromatic carbocycles. The highest BCUT2D eigenvalue weighted by atomic mass is 79.9. The summed E-state index contributed by atoms with van der Waals surface area (Å²) in [6, 6.07) is 6.99. The van der Waals surface area contributed by atoms with Crippen molar-refractivity contribution in [3.05, 3.63) is 41.1 Å². The van der Waals surface area contributed by atoms with Crippen LogP contribution in [-0.2, 0) is 16.1 Å². The van der Waals surface area contributed by atoms with E-state index in [2.05, 4.69) is 31.7 Å². The standard InChI is InChI=1S/C15H17BrN4O2/c1-10(8-20-9-12(16)7-17-20)15(22)19-14-5-3-13(4-6-14)18-11(2)21/h3-7,9-10H,8H2,1-2H3,(H,18,21)(H,19,22). The Bertz CT molecular complexity index is 666. The fourth-order valence-corrected chi connectivity index (χ4v) is 2.24. The lowest BCUT2D eigenvalue weighted by Gasteiger charge is -2.12. The van der Waals surface area contributed by atoms with Crippen LogP contribution in [-0.4, -0.2) is 21.6 Å². The van der Waals surface area contributed by atoms with Crippen molar-refractivity contribution < 1.29 is 9.59 Å². The first-order valence-electron chi connectivity index (χ1n) is 6.80. The van der Waals surface area contributed by atoms with E-state index in [0.717, 1.165) is 4.47 Å². The molecule has 22 heavy (non-hydrogen) atoms. The van der Waals surface area contributed by atoms with Gasteiger partial charge in [-0.15, -0.1) is 0 Å². The minimum atomic E-state index is -0.221. The quantitative estimate of drug-likeness (QED) is 0.856. The van der Waals surface area contributed by atoms with Crippen molar-refractivity contribution in [2.24, 2.45) is 5.92 Å². The smallest absolute Gasteiger partial charge is 0.229 e. The minimum absolute atomic E-state index is 0.0844. The predicted octanol–water partition coefficient (Wildman–Crippen LogP) is 2.88. The summed E-state index contributed by atoms with van der Waals surface area (Å²) in [5.74, 6) is -0.434. The van der Waals surface area contributed by atoms with Crippen LogP contribution in [0.3, 0.4) is 0 Å². The van der Waals surface area contributed by atoms with Gasteiger partial charge in [0.15, 0.2) is 0 Å². The topological polar surface area (TPSA) is 76.0 Å². The molecule has 0 saturated heterocycles. The van der Waals surface area contributed by atoms with E-state index >= 15 is 0 Å². The number of amides is 2. The fourth-order valence-electron chi connectivity index (χ4n) is 1.91. The van der Waals surface area contributed by atoms with Crippen molar-refractivity contribution >= 4 is 39.1 Å². The molecule has 7 heteroatoms. The summed E-state index contributed by atoms with van der Waals surface area (Å²) in [4.78, 5) is 23.1. The van der Waals surface area contributed by atoms with Crippen LogP contribution in [0.25, 0.3) is 0 Å². The SMILES string of the molecule is CC(=O)Nc1ccc(NC(=O)C(C)Cn2cc(Br)cn2)cc1. The molecule has 0 aliphatic heterocycles. The summed E-state index contributed by atoms with van der Waals surface area (Å²) in [6.07, 6.45) is 3.51. The second kappa shape index (κ2) is 7.22. The van der Waals surface area contributed by atoms with Gasteiger partial charge in [-0.3, -0.25) is 14.3 Å². The largest absolute Gasteiger partial charge is 0.326 e. The number of benzene rings is 1. The van der Waals surface area contributed by atoms with Gasteiger partial charge in [0.2, 0.25) is 11.8 Å². The summed E-state index contributed by atoms with van der Waals surface area (Å²) in [6.45, 7) is 3.79. The molecule has 6 nitrogen and oxygen atoms in total. The lowest BCUT2D eigenvalue weighted by molar-refractivity contribution is -0.119. The number of hydrogen-bond acceptors (Lipinski definition) is 3. The molecule has 0 aliphatic rings. The minimum Gasteiger partial charge on any atom is -0.326 e. The molecule has 2 amide bonds. The lowest BCUT2D eigenvalue weighted by Crippen LogP contribution is -2.24. The summed E-state index contributed by atoms with van der Waals surface area (Å²) in [7, 11) is 0. The molecule has 0 spiro atoms. The number of aromatic nitrogens is 2. The maximum atomic E-state index is 12.2. The summed E-state index contributed by atoms with van der Waals surface area (Å²) < 4.78 is 2.60. The molecule has 1 atom stereocenters. The summed E-state index contributed by atoms with van der Waals surface area (Å²) in [5, 5.41) is 9.65. The summed E-state index contributed by atoms with van der Waals surface area (Å²) >= 11 is 3.32. The van der Waals surface area contributed by atoms with E-state index in [1.54, 1.807) is 35.1 Å². The Kier molecular flexibility index (Phi) is 5.32. The number of halogens is 1. The number of nitrogens with one attached hydrogen (secondary N) is 2. The molecular weight excluding hydrogens is 348 g/mol. The first-order chi connectivity index (χ1) is 10.4. The van der Waals surface area contributed by atoms with Gasteiger partial charge in [-0.25, -0.2) is 0 Å². The molecule has 0 bridgehead atoms. The molecule has 1 aromatic heterocycles. The third-order valence-electron chi connectivity index (χ3n) is 2.98. The van der Waals surface area contributed by atoms with E-state index in [-0.39, 0.29) is 17.7 Å². The molecule has 0 fully saturated rings. The van der Waals surface area contributed by atoms with Crippen LogP contribution in [0.15, 0.2) is 41.1 Å². The molecule has 2 N–H and O–H groups in total. The van der Waals surface area contributed by atoms with Crippen molar-refractivity contribution in [3.8, 4) is 0 Å². The van der Waals surface area contributed by atoms with Crippen LogP contribution < -0.4 is 10.6 Å². The monoisotopic (exact) mass is 364 g/mol.